The van der Waals surface area contributed by atoms with E-state index in [1.54, 1.807) is 0 Å². The third kappa shape index (κ3) is 1.99. The largest absolute Gasteiger partial charge is 0.388 e. The second kappa shape index (κ2) is 3.35. The van der Waals surface area contributed by atoms with Gasteiger partial charge in [0.15, 0.2) is 0 Å². The monoisotopic (exact) mass is 172 g/mol. The van der Waals surface area contributed by atoms with Gasteiger partial charge >= 0.3 is 0 Å². The van der Waals surface area contributed by atoms with E-state index in [0.717, 1.165) is 13.0 Å². The first-order valence-electron chi connectivity index (χ1n) is 4.77. The highest BCUT2D eigenvalue weighted by Gasteiger charge is 2.39. The quantitative estimate of drug-likeness (QED) is 0.688. The van der Waals surface area contributed by atoms with Crippen LogP contribution in [0.2, 0.25) is 0 Å². The van der Waals surface area contributed by atoms with Gasteiger partial charge in [-0.15, -0.1) is 0 Å². The molecular formula is C10H20O2. The van der Waals surface area contributed by atoms with Crippen molar-refractivity contribution in [2.45, 2.75) is 45.8 Å². The minimum absolute atomic E-state index is 0.0255. The number of aliphatic hydroxyl groups is 1. The summed E-state index contributed by atoms with van der Waals surface area (Å²) < 4.78 is 5.54. The Morgan fingerprint density at radius 2 is 2.00 bits per heavy atom. The molecule has 0 aliphatic carbocycles. The Morgan fingerprint density at radius 3 is 2.33 bits per heavy atom. The van der Waals surface area contributed by atoms with Crippen LogP contribution in [0, 0.1) is 11.8 Å². The molecule has 0 unspecified atom stereocenters. The summed E-state index contributed by atoms with van der Waals surface area (Å²) >= 11 is 0. The predicted octanol–water partition coefficient (Wildman–Crippen LogP) is 1.82. The van der Waals surface area contributed by atoms with Gasteiger partial charge in [0.25, 0.3) is 0 Å². The van der Waals surface area contributed by atoms with Gasteiger partial charge in [0.05, 0.1) is 11.7 Å². The summed E-state index contributed by atoms with van der Waals surface area (Å²) in [6, 6.07) is 0. The minimum Gasteiger partial charge on any atom is -0.388 e. The molecule has 0 saturated carbocycles. The summed E-state index contributed by atoms with van der Waals surface area (Å²) in [5.74, 6) is 1.12. The first-order valence-corrected chi connectivity index (χ1v) is 4.77. The van der Waals surface area contributed by atoms with E-state index in [1.165, 1.54) is 0 Å². The molecule has 2 heteroatoms. The number of ether oxygens (including phenoxy) is 1. The van der Waals surface area contributed by atoms with Gasteiger partial charge in [-0.2, -0.15) is 0 Å². The SMILES string of the molecule is CC(C)[C@H]1CCO[C@H]1C(C)(C)O. The average molecular weight is 172 g/mol. The number of hydrogen-bond donors (Lipinski definition) is 1. The summed E-state index contributed by atoms with van der Waals surface area (Å²) in [6.45, 7) is 8.85. The lowest BCUT2D eigenvalue weighted by atomic mass is 9.82. The maximum absolute atomic E-state index is 9.81. The van der Waals surface area contributed by atoms with Gasteiger partial charge in [-0.05, 0) is 32.1 Å². The Balaban J connectivity index is 2.64. The lowest BCUT2D eigenvalue weighted by molar-refractivity contribution is -0.0816. The molecule has 72 valence electrons. The standard InChI is InChI=1S/C10H20O2/c1-7(2)8-5-6-12-9(8)10(3,4)11/h7-9,11H,5-6H2,1-4H3/t8-,9-/m1/s1. The maximum Gasteiger partial charge on any atom is 0.0887 e. The van der Waals surface area contributed by atoms with Crippen molar-refractivity contribution in [3.63, 3.8) is 0 Å². The molecule has 0 aromatic rings. The zero-order valence-electron chi connectivity index (χ0n) is 8.50. The fourth-order valence-electron chi connectivity index (χ4n) is 2.02. The van der Waals surface area contributed by atoms with Crippen molar-refractivity contribution in [3.05, 3.63) is 0 Å². The maximum atomic E-state index is 9.81. The predicted molar refractivity (Wildman–Crippen MR) is 49.0 cm³/mol. The van der Waals surface area contributed by atoms with Gasteiger partial charge in [0.2, 0.25) is 0 Å². The van der Waals surface area contributed by atoms with Gasteiger partial charge in [-0.25, -0.2) is 0 Å². The first-order chi connectivity index (χ1) is 5.43. The fraction of sp³-hybridized carbons (Fsp3) is 1.00. The van der Waals surface area contributed by atoms with Crippen LogP contribution in [0.5, 0.6) is 0 Å². The molecule has 1 heterocycles. The Hall–Kier alpha value is -0.0800. The lowest BCUT2D eigenvalue weighted by Gasteiger charge is -2.31. The average Bonchev–Trinajstić information content (AvgIpc) is 2.30. The zero-order chi connectivity index (χ0) is 9.35. The summed E-state index contributed by atoms with van der Waals surface area (Å²) in [7, 11) is 0. The van der Waals surface area contributed by atoms with Crippen LogP contribution in [0.4, 0.5) is 0 Å². The Morgan fingerprint density at radius 1 is 1.42 bits per heavy atom. The summed E-state index contributed by atoms with van der Waals surface area (Å²) in [4.78, 5) is 0. The van der Waals surface area contributed by atoms with Gasteiger partial charge in [-0.1, -0.05) is 13.8 Å². The third-order valence-corrected chi connectivity index (χ3v) is 2.69. The second-order valence-electron chi connectivity index (χ2n) is 4.64. The van der Waals surface area contributed by atoms with Crippen LogP contribution in [0.3, 0.4) is 0 Å². The number of rotatable bonds is 2. The van der Waals surface area contributed by atoms with E-state index in [2.05, 4.69) is 13.8 Å². The molecule has 1 N–H and O–H groups in total. The molecule has 1 aliphatic rings. The highest BCUT2D eigenvalue weighted by Crippen LogP contribution is 2.33. The van der Waals surface area contributed by atoms with Crippen LogP contribution >= 0.6 is 0 Å². The molecule has 1 fully saturated rings. The van der Waals surface area contributed by atoms with Crippen LogP contribution in [0.15, 0.2) is 0 Å². The van der Waals surface area contributed by atoms with Crippen molar-refractivity contribution in [1.29, 1.82) is 0 Å². The number of hydrogen-bond acceptors (Lipinski definition) is 2. The molecule has 1 rings (SSSR count). The molecule has 0 aromatic heterocycles. The normalized spacial score (nSPS) is 31.5. The molecule has 0 radical (unpaired) electrons. The summed E-state index contributed by atoms with van der Waals surface area (Å²) in [6.07, 6.45) is 1.12. The van der Waals surface area contributed by atoms with Crippen molar-refractivity contribution in [3.8, 4) is 0 Å². The first kappa shape index (κ1) is 10.0. The fourth-order valence-corrected chi connectivity index (χ4v) is 2.02. The topological polar surface area (TPSA) is 29.5 Å². The van der Waals surface area contributed by atoms with Crippen molar-refractivity contribution >= 4 is 0 Å². The lowest BCUT2D eigenvalue weighted by Crippen LogP contribution is -2.41. The van der Waals surface area contributed by atoms with Crippen molar-refractivity contribution in [2.75, 3.05) is 6.61 Å². The van der Waals surface area contributed by atoms with Crippen LogP contribution in [-0.2, 0) is 4.74 Å². The highest BCUT2D eigenvalue weighted by molar-refractivity contribution is 4.89. The molecule has 2 atom stereocenters. The van der Waals surface area contributed by atoms with Gasteiger partial charge in [-0.3, -0.25) is 0 Å². The molecule has 12 heavy (non-hydrogen) atoms. The minimum atomic E-state index is -0.689. The Kier molecular flexibility index (Phi) is 2.79. The van der Waals surface area contributed by atoms with Crippen LogP contribution in [0.1, 0.15) is 34.1 Å². The third-order valence-electron chi connectivity index (χ3n) is 2.69. The van der Waals surface area contributed by atoms with E-state index in [4.69, 9.17) is 4.74 Å². The zero-order valence-corrected chi connectivity index (χ0v) is 8.50. The van der Waals surface area contributed by atoms with E-state index >= 15 is 0 Å². The molecule has 1 aliphatic heterocycles. The van der Waals surface area contributed by atoms with Crippen LogP contribution in [-0.4, -0.2) is 23.4 Å². The molecule has 0 bridgehead atoms. The van der Waals surface area contributed by atoms with Crippen molar-refractivity contribution in [1.82, 2.24) is 0 Å². The van der Waals surface area contributed by atoms with Crippen LogP contribution in [0.25, 0.3) is 0 Å². The highest BCUT2D eigenvalue weighted by atomic mass is 16.5. The molecule has 1 saturated heterocycles. The molecule has 2 nitrogen and oxygen atoms in total. The smallest absolute Gasteiger partial charge is 0.0887 e. The van der Waals surface area contributed by atoms with Crippen molar-refractivity contribution < 1.29 is 9.84 Å². The molecule has 0 aromatic carbocycles. The van der Waals surface area contributed by atoms with Gasteiger partial charge in [0.1, 0.15) is 0 Å². The van der Waals surface area contributed by atoms with E-state index in [1.807, 2.05) is 13.8 Å². The van der Waals surface area contributed by atoms with Gasteiger partial charge < -0.3 is 9.84 Å². The molecular weight excluding hydrogens is 152 g/mol. The van der Waals surface area contributed by atoms with E-state index in [9.17, 15) is 5.11 Å². The molecule has 0 amide bonds. The summed E-state index contributed by atoms with van der Waals surface area (Å²) in [5, 5.41) is 9.81. The molecule has 0 spiro atoms. The van der Waals surface area contributed by atoms with Crippen molar-refractivity contribution in [2.24, 2.45) is 11.8 Å². The van der Waals surface area contributed by atoms with E-state index < -0.39 is 5.60 Å². The van der Waals surface area contributed by atoms with E-state index in [0.29, 0.717) is 11.8 Å². The van der Waals surface area contributed by atoms with E-state index in [-0.39, 0.29) is 6.10 Å². The van der Waals surface area contributed by atoms with Crippen LogP contribution < -0.4 is 0 Å². The Bertz CT molecular complexity index is 146. The van der Waals surface area contributed by atoms with Gasteiger partial charge in [0, 0.05) is 6.61 Å². The Labute approximate surface area is 74.9 Å². The summed E-state index contributed by atoms with van der Waals surface area (Å²) in [5.41, 5.74) is -0.689. The second-order valence-corrected chi connectivity index (χ2v) is 4.64.